The Labute approximate surface area is 177 Å². The fourth-order valence-corrected chi connectivity index (χ4v) is 3.72. The van der Waals surface area contributed by atoms with Gasteiger partial charge in [-0.25, -0.2) is 4.79 Å². The molecule has 4 N–H and O–H groups in total. The first kappa shape index (κ1) is 22.0. The van der Waals surface area contributed by atoms with Gasteiger partial charge in [0.1, 0.15) is 11.6 Å². The summed E-state index contributed by atoms with van der Waals surface area (Å²) in [7, 11) is 0. The highest BCUT2D eigenvalue weighted by molar-refractivity contribution is 5.99. The maximum Gasteiger partial charge on any atom is 0.340 e. The van der Waals surface area contributed by atoms with E-state index < -0.39 is 17.6 Å². The van der Waals surface area contributed by atoms with Gasteiger partial charge in [0.05, 0.1) is 18.5 Å². The van der Waals surface area contributed by atoms with Crippen molar-refractivity contribution in [2.75, 3.05) is 18.4 Å². The number of amides is 4. The molecule has 3 rings (SSSR count). The predicted octanol–water partition coefficient (Wildman–Crippen LogP) is 0.195. The van der Waals surface area contributed by atoms with Gasteiger partial charge in [0.15, 0.2) is 0 Å². The van der Waals surface area contributed by atoms with Crippen molar-refractivity contribution in [2.45, 2.75) is 39.2 Å². The van der Waals surface area contributed by atoms with Crippen LogP contribution in [-0.2, 0) is 25.6 Å². The minimum atomic E-state index is -0.655. The fraction of sp³-hybridized carbons (Fsp3) is 0.381. The number of nitrogens with zero attached hydrogens (tertiary/aromatic N) is 1. The molecule has 0 spiro atoms. The Morgan fingerprint density at radius 2 is 2.00 bits per heavy atom. The third kappa shape index (κ3) is 4.90. The number of carbonyl (C=O) groups is 4. The Bertz CT molecular complexity index is 1120. The molecule has 0 saturated carbocycles. The van der Waals surface area contributed by atoms with E-state index in [0.29, 0.717) is 36.0 Å². The summed E-state index contributed by atoms with van der Waals surface area (Å²) in [5.41, 5.74) is 6.01. The van der Waals surface area contributed by atoms with Gasteiger partial charge in [-0.05, 0) is 37.5 Å². The Balaban J connectivity index is 1.79. The number of likely N-dealkylation sites (tertiary alicyclic amines) is 1. The lowest BCUT2D eigenvalue weighted by molar-refractivity contribution is -0.136. The van der Waals surface area contributed by atoms with Crippen LogP contribution in [0.2, 0.25) is 0 Å². The fourth-order valence-electron chi connectivity index (χ4n) is 3.72. The zero-order valence-corrected chi connectivity index (χ0v) is 17.3. The van der Waals surface area contributed by atoms with Crippen molar-refractivity contribution in [3.05, 3.63) is 39.7 Å². The Morgan fingerprint density at radius 1 is 1.26 bits per heavy atom. The van der Waals surface area contributed by atoms with Crippen LogP contribution in [-0.4, -0.2) is 47.7 Å². The van der Waals surface area contributed by atoms with Gasteiger partial charge in [-0.2, -0.15) is 0 Å². The van der Waals surface area contributed by atoms with Crippen LogP contribution in [0.5, 0.6) is 0 Å². The van der Waals surface area contributed by atoms with E-state index in [-0.39, 0.29) is 41.8 Å². The van der Waals surface area contributed by atoms with Crippen LogP contribution in [0.1, 0.15) is 30.9 Å². The lowest BCUT2D eigenvalue weighted by atomic mass is 10.0. The molecule has 0 radical (unpaired) electrons. The molecule has 164 valence electrons. The van der Waals surface area contributed by atoms with Gasteiger partial charge < -0.3 is 25.7 Å². The van der Waals surface area contributed by atoms with Crippen LogP contribution in [0.25, 0.3) is 11.0 Å². The zero-order chi connectivity index (χ0) is 22.7. The van der Waals surface area contributed by atoms with Gasteiger partial charge in [0.25, 0.3) is 0 Å². The topological polar surface area (TPSA) is 152 Å². The third-order valence-electron chi connectivity index (χ3n) is 5.27. The molecular formula is C21H24N4O6. The summed E-state index contributed by atoms with van der Waals surface area (Å²) in [5, 5.41) is 5.83. The first-order valence-corrected chi connectivity index (χ1v) is 9.86. The quantitative estimate of drug-likeness (QED) is 0.559. The number of nitrogens with two attached hydrogens (primary N) is 1. The van der Waals surface area contributed by atoms with Crippen LogP contribution in [0, 0.1) is 6.92 Å². The van der Waals surface area contributed by atoms with E-state index in [0.717, 1.165) is 0 Å². The largest absolute Gasteiger partial charge is 0.422 e. The van der Waals surface area contributed by atoms with Crippen molar-refractivity contribution in [1.29, 1.82) is 0 Å². The van der Waals surface area contributed by atoms with Crippen molar-refractivity contribution in [1.82, 2.24) is 10.2 Å². The van der Waals surface area contributed by atoms with Gasteiger partial charge in [-0.1, -0.05) is 0 Å². The molecule has 1 fully saturated rings. The molecule has 1 atom stereocenters. The molecule has 1 aromatic carbocycles. The molecule has 1 unspecified atom stereocenters. The molecule has 1 aliphatic rings. The van der Waals surface area contributed by atoms with Crippen LogP contribution in [0.3, 0.4) is 0 Å². The summed E-state index contributed by atoms with van der Waals surface area (Å²) in [6, 6.07) is 4.21. The van der Waals surface area contributed by atoms with E-state index in [1.807, 2.05) is 0 Å². The van der Waals surface area contributed by atoms with Crippen molar-refractivity contribution in [2.24, 2.45) is 5.73 Å². The monoisotopic (exact) mass is 428 g/mol. The standard InChI is InChI=1S/C21H24N4O6/c1-11-14-6-5-13(8-17(14)31-21(30)15(11)9-18(22)27)24-20(29)16-4-3-7-25(16)19(28)10-23-12(2)26/h5-6,8,16H,3-4,7,9-10H2,1-2H3,(H2,22,27)(H,23,26)(H,24,29). The van der Waals surface area contributed by atoms with Gasteiger partial charge in [-0.15, -0.1) is 0 Å². The molecule has 1 aliphatic heterocycles. The number of aryl methyl sites for hydroxylation is 1. The second-order valence-corrected chi connectivity index (χ2v) is 7.49. The summed E-state index contributed by atoms with van der Waals surface area (Å²) in [6.07, 6.45) is 0.973. The highest BCUT2D eigenvalue weighted by atomic mass is 16.4. The van der Waals surface area contributed by atoms with E-state index >= 15 is 0 Å². The summed E-state index contributed by atoms with van der Waals surface area (Å²) in [6.45, 7) is 3.29. The van der Waals surface area contributed by atoms with E-state index in [9.17, 15) is 24.0 Å². The molecule has 2 aromatic rings. The smallest absolute Gasteiger partial charge is 0.340 e. The molecule has 0 bridgehead atoms. The number of hydrogen-bond acceptors (Lipinski definition) is 6. The number of nitrogens with one attached hydrogen (secondary N) is 2. The number of benzene rings is 1. The maximum atomic E-state index is 12.8. The van der Waals surface area contributed by atoms with Crippen molar-refractivity contribution in [3.8, 4) is 0 Å². The lowest BCUT2D eigenvalue weighted by Gasteiger charge is -2.24. The summed E-state index contributed by atoms with van der Waals surface area (Å²) < 4.78 is 5.32. The maximum absolute atomic E-state index is 12.8. The zero-order valence-electron chi connectivity index (χ0n) is 17.3. The first-order chi connectivity index (χ1) is 14.7. The van der Waals surface area contributed by atoms with Crippen LogP contribution < -0.4 is 22.0 Å². The number of fused-ring (bicyclic) bond motifs is 1. The van der Waals surface area contributed by atoms with E-state index in [4.69, 9.17) is 10.2 Å². The normalized spacial score (nSPS) is 15.7. The predicted molar refractivity (Wildman–Crippen MR) is 112 cm³/mol. The molecular weight excluding hydrogens is 404 g/mol. The molecule has 1 aromatic heterocycles. The number of carbonyl (C=O) groups excluding carboxylic acids is 4. The minimum Gasteiger partial charge on any atom is -0.422 e. The first-order valence-electron chi connectivity index (χ1n) is 9.86. The summed E-state index contributed by atoms with van der Waals surface area (Å²) >= 11 is 0. The van der Waals surface area contributed by atoms with Gasteiger partial charge >= 0.3 is 5.63 Å². The third-order valence-corrected chi connectivity index (χ3v) is 5.27. The molecule has 0 aliphatic carbocycles. The molecule has 10 heteroatoms. The number of hydrogen-bond donors (Lipinski definition) is 3. The van der Waals surface area contributed by atoms with Crippen LogP contribution in [0.15, 0.2) is 27.4 Å². The van der Waals surface area contributed by atoms with E-state index in [1.165, 1.54) is 17.9 Å². The highest BCUT2D eigenvalue weighted by Gasteiger charge is 2.34. The molecule has 4 amide bonds. The van der Waals surface area contributed by atoms with Gasteiger partial charge in [-0.3, -0.25) is 19.2 Å². The molecule has 31 heavy (non-hydrogen) atoms. The van der Waals surface area contributed by atoms with Crippen molar-refractivity contribution < 1.29 is 23.6 Å². The second kappa shape index (κ2) is 8.99. The summed E-state index contributed by atoms with van der Waals surface area (Å²) in [4.78, 5) is 61.0. The Kier molecular flexibility index (Phi) is 6.38. The van der Waals surface area contributed by atoms with Crippen LogP contribution in [0.4, 0.5) is 5.69 Å². The van der Waals surface area contributed by atoms with Gasteiger partial charge in [0.2, 0.25) is 23.6 Å². The number of rotatable bonds is 6. The number of anilines is 1. The average molecular weight is 428 g/mol. The SMILES string of the molecule is CC(=O)NCC(=O)N1CCCC1C(=O)Nc1ccc2c(C)c(CC(N)=O)c(=O)oc2c1. The molecule has 1 saturated heterocycles. The van der Waals surface area contributed by atoms with E-state index in [2.05, 4.69) is 10.6 Å². The average Bonchev–Trinajstić information content (AvgIpc) is 3.19. The lowest BCUT2D eigenvalue weighted by Crippen LogP contribution is -2.46. The molecule has 10 nitrogen and oxygen atoms in total. The number of primary amides is 1. The molecule has 2 heterocycles. The minimum absolute atomic E-state index is 0.160. The highest BCUT2D eigenvalue weighted by Crippen LogP contribution is 2.24. The van der Waals surface area contributed by atoms with Crippen LogP contribution >= 0.6 is 0 Å². The second-order valence-electron chi connectivity index (χ2n) is 7.49. The van der Waals surface area contributed by atoms with E-state index in [1.54, 1.807) is 19.1 Å². The van der Waals surface area contributed by atoms with Crippen molar-refractivity contribution >= 4 is 40.3 Å². The van der Waals surface area contributed by atoms with Gasteiger partial charge in [0, 0.05) is 30.6 Å². The summed E-state index contributed by atoms with van der Waals surface area (Å²) in [5.74, 6) is -1.64. The Hall–Kier alpha value is -3.69. The Morgan fingerprint density at radius 3 is 2.68 bits per heavy atom. The van der Waals surface area contributed by atoms with Crippen molar-refractivity contribution in [3.63, 3.8) is 0 Å².